The van der Waals surface area contributed by atoms with Gasteiger partial charge in [0, 0.05) is 32.5 Å². The lowest BCUT2D eigenvalue weighted by Crippen LogP contribution is -2.01. The van der Waals surface area contributed by atoms with Crippen LogP contribution in [0.15, 0.2) is 130 Å². The fourth-order valence-corrected chi connectivity index (χ4v) is 5.76. The normalized spacial score (nSPS) is 11.8. The van der Waals surface area contributed by atoms with Gasteiger partial charge in [0.25, 0.3) is 0 Å². The van der Waals surface area contributed by atoms with Crippen molar-refractivity contribution >= 4 is 54.8 Å². The second-order valence-corrected chi connectivity index (χ2v) is 10.3. The number of para-hydroxylation sites is 2. The van der Waals surface area contributed by atoms with E-state index in [9.17, 15) is 0 Å². The molecule has 42 heavy (non-hydrogen) atoms. The molecule has 0 spiro atoms. The van der Waals surface area contributed by atoms with E-state index in [2.05, 4.69) is 36.4 Å². The van der Waals surface area contributed by atoms with Crippen LogP contribution in [0.25, 0.3) is 89.1 Å². The van der Waals surface area contributed by atoms with Crippen LogP contribution in [0.4, 0.5) is 0 Å². The number of nitrogens with zero attached hydrogens (tertiary/aromatic N) is 4. The summed E-state index contributed by atoms with van der Waals surface area (Å²) in [6.07, 6.45) is 0. The predicted molar refractivity (Wildman–Crippen MR) is 166 cm³/mol. The van der Waals surface area contributed by atoms with Gasteiger partial charge in [0.15, 0.2) is 17.5 Å². The summed E-state index contributed by atoms with van der Waals surface area (Å²) < 4.78 is 12.7. The van der Waals surface area contributed by atoms with Crippen LogP contribution in [-0.2, 0) is 0 Å². The maximum atomic E-state index is 6.35. The Balaban J connectivity index is 1.28. The highest BCUT2D eigenvalue weighted by atomic mass is 16.3. The molecule has 0 saturated heterocycles. The molecule has 196 valence electrons. The third-order valence-electron chi connectivity index (χ3n) is 7.77. The second kappa shape index (κ2) is 8.81. The van der Waals surface area contributed by atoms with E-state index in [1.807, 2.05) is 84.9 Å². The van der Waals surface area contributed by atoms with Crippen molar-refractivity contribution in [1.29, 1.82) is 0 Å². The number of pyridine rings is 1. The maximum Gasteiger partial charge on any atom is 0.228 e. The zero-order valence-corrected chi connectivity index (χ0v) is 22.2. The standard InChI is InChI=1S/C36H20N4O2/c1-2-10-22(11-3-1)33-38-34(28-15-8-14-25-24-13-6-7-16-30(24)41-32(25)28)40-35(39-33)29-20-19-27-26-18-17-21-9-4-5-12-23(21)31(26)42-36(27)37-29/h1-20H. The van der Waals surface area contributed by atoms with Crippen LogP contribution < -0.4 is 0 Å². The molecule has 5 aromatic carbocycles. The largest absolute Gasteiger partial charge is 0.455 e. The van der Waals surface area contributed by atoms with Gasteiger partial charge in [-0.2, -0.15) is 0 Å². The van der Waals surface area contributed by atoms with E-state index >= 15 is 0 Å². The molecule has 4 heterocycles. The minimum Gasteiger partial charge on any atom is -0.455 e. The third kappa shape index (κ3) is 3.45. The van der Waals surface area contributed by atoms with E-state index < -0.39 is 0 Å². The molecule has 0 bridgehead atoms. The molecular weight excluding hydrogens is 520 g/mol. The van der Waals surface area contributed by atoms with E-state index in [1.165, 1.54) is 0 Å². The monoisotopic (exact) mass is 540 g/mol. The highest BCUT2D eigenvalue weighted by Crippen LogP contribution is 2.37. The van der Waals surface area contributed by atoms with E-state index in [1.54, 1.807) is 0 Å². The number of benzene rings is 5. The molecule has 9 rings (SSSR count). The van der Waals surface area contributed by atoms with Crippen molar-refractivity contribution in [1.82, 2.24) is 19.9 Å². The van der Waals surface area contributed by atoms with Crippen molar-refractivity contribution in [2.75, 3.05) is 0 Å². The lowest BCUT2D eigenvalue weighted by molar-refractivity contribution is 0.658. The number of rotatable bonds is 3. The smallest absolute Gasteiger partial charge is 0.228 e. The molecule has 0 fully saturated rings. The van der Waals surface area contributed by atoms with Gasteiger partial charge in [-0.05, 0) is 35.7 Å². The Morgan fingerprint density at radius 1 is 0.405 bits per heavy atom. The van der Waals surface area contributed by atoms with E-state index in [0.29, 0.717) is 28.9 Å². The van der Waals surface area contributed by atoms with Crippen LogP contribution in [0, 0.1) is 0 Å². The number of fused-ring (bicyclic) bond motifs is 8. The van der Waals surface area contributed by atoms with E-state index in [-0.39, 0.29) is 0 Å². The molecule has 9 aromatic rings. The lowest BCUT2D eigenvalue weighted by atomic mass is 10.1. The summed E-state index contributed by atoms with van der Waals surface area (Å²) in [5.74, 6) is 1.53. The molecule has 0 atom stereocenters. The Bertz CT molecular complexity index is 2480. The first kappa shape index (κ1) is 22.9. The Labute approximate surface area is 238 Å². The third-order valence-corrected chi connectivity index (χ3v) is 7.77. The molecule has 6 nitrogen and oxygen atoms in total. The van der Waals surface area contributed by atoms with Gasteiger partial charge in [-0.25, -0.2) is 19.9 Å². The number of furan rings is 2. The van der Waals surface area contributed by atoms with Crippen LogP contribution in [0.1, 0.15) is 0 Å². The summed E-state index contributed by atoms with van der Waals surface area (Å²) in [6, 6.07) is 40.4. The van der Waals surface area contributed by atoms with Crippen LogP contribution in [0.3, 0.4) is 0 Å². The van der Waals surface area contributed by atoms with Gasteiger partial charge in [-0.3, -0.25) is 0 Å². The molecule has 0 N–H and O–H groups in total. The molecule has 0 unspecified atom stereocenters. The van der Waals surface area contributed by atoms with Crippen molar-refractivity contribution in [3.63, 3.8) is 0 Å². The molecule has 0 saturated carbocycles. The Morgan fingerprint density at radius 3 is 2.05 bits per heavy atom. The Morgan fingerprint density at radius 2 is 1.12 bits per heavy atom. The van der Waals surface area contributed by atoms with Gasteiger partial charge in [0.1, 0.15) is 22.4 Å². The highest BCUT2D eigenvalue weighted by Gasteiger charge is 2.19. The summed E-state index contributed by atoms with van der Waals surface area (Å²) in [6.45, 7) is 0. The van der Waals surface area contributed by atoms with Crippen LogP contribution >= 0.6 is 0 Å². The molecule has 0 aliphatic rings. The van der Waals surface area contributed by atoms with Gasteiger partial charge in [0.05, 0.1) is 5.56 Å². The topological polar surface area (TPSA) is 77.8 Å². The van der Waals surface area contributed by atoms with Gasteiger partial charge < -0.3 is 8.83 Å². The summed E-state index contributed by atoms with van der Waals surface area (Å²) in [5.41, 5.74) is 5.20. The van der Waals surface area contributed by atoms with Gasteiger partial charge in [-0.15, -0.1) is 0 Å². The summed E-state index contributed by atoms with van der Waals surface area (Å²) >= 11 is 0. The first-order valence-electron chi connectivity index (χ1n) is 13.7. The van der Waals surface area contributed by atoms with Crippen LogP contribution in [0.5, 0.6) is 0 Å². The van der Waals surface area contributed by atoms with Gasteiger partial charge >= 0.3 is 0 Å². The Kier molecular flexibility index (Phi) is 4.80. The summed E-state index contributed by atoms with van der Waals surface area (Å²) in [7, 11) is 0. The number of hydrogen-bond acceptors (Lipinski definition) is 6. The molecule has 0 radical (unpaired) electrons. The van der Waals surface area contributed by atoms with Crippen LogP contribution in [-0.4, -0.2) is 19.9 Å². The fourth-order valence-electron chi connectivity index (χ4n) is 5.76. The van der Waals surface area contributed by atoms with Crippen molar-refractivity contribution in [3.8, 4) is 34.3 Å². The molecule has 0 aliphatic heterocycles. The SMILES string of the molecule is c1ccc(-c2nc(-c3ccc4c(n3)oc3c5ccccc5ccc43)nc(-c3cccc4c3oc3ccccc34)n2)cc1. The fraction of sp³-hybridized carbons (Fsp3) is 0. The maximum absolute atomic E-state index is 6.35. The first-order valence-corrected chi connectivity index (χ1v) is 13.7. The number of aromatic nitrogens is 4. The van der Waals surface area contributed by atoms with Crippen molar-refractivity contribution in [3.05, 3.63) is 121 Å². The minimum atomic E-state index is 0.458. The average Bonchev–Trinajstić information content (AvgIpc) is 3.63. The van der Waals surface area contributed by atoms with Crippen molar-refractivity contribution < 1.29 is 8.83 Å². The first-order chi connectivity index (χ1) is 20.8. The van der Waals surface area contributed by atoms with Crippen molar-refractivity contribution in [2.24, 2.45) is 0 Å². The molecule has 0 amide bonds. The quantitative estimate of drug-likeness (QED) is 0.222. The average molecular weight is 541 g/mol. The number of hydrogen-bond donors (Lipinski definition) is 0. The second-order valence-electron chi connectivity index (χ2n) is 10.3. The summed E-state index contributed by atoms with van der Waals surface area (Å²) in [5, 5.41) is 6.22. The summed E-state index contributed by atoms with van der Waals surface area (Å²) in [4.78, 5) is 19.7. The zero-order valence-electron chi connectivity index (χ0n) is 22.2. The van der Waals surface area contributed by atoms with Crippen LogP contribution in [0.2, 0.25) is 0 Å². The molecule has 6 heteroatoms. The highest BCUT2D eigenvalue weighted by molar-refractivity contribution is 6.14. The zero-order chi connectivity index (χ0) is 27.6. The van der Waals surface area contributed by atoms with Gasteiger partial charge in [0.2, 0.25) is 5.71 Å². The van der Waals surface area contributed by atoms with Crippen molar-refractivity contribution in [2.45, 2.75) is 0 Å². The molecule has 0 aliphatic carbocycles. The minimum absolute atomic E-state index is 0.458. The molecule has 4 aromatic heterocycles. The van der Waals surface area contributed by atoms with E-state index in [4.69, 9.17) is 28.8 Å². The van der Waals surface area contributed by atoms with E-state index in [0.717, 1.165) is 60.2 Å². The lowest BCUT2D eigenvalue weighted by Gasteiger charge is -2.08. The Hall–Kier alpha value is -5.88. The van der Waals surface area contributed by atoms with Gasteiger partial charge in [-0.1, -0.05) is 91.0 Å². The molecular formula is C36H20N4O2. The predicted octanol–water partition coefficient (Wildman–Crippen LogP) is 9.22.